The molecule has 0 bridgehead atoms. The smallest absolute Gasteiger partial charge is 0.313 e. The highest BCUT2D eigenvalue weighted by atomic mass is 32.2. The average Bonchev–Trinajstić information content (AvgIpc) is 3.28. The van der Waals surface area contributed by atoms with Crippen molar-refractivity contribution < 1.29 is 18.7 Å². The van der Waals surface area contributed by atoms with Crippen LogP contribution >= 0.6 is 11.8 Å². The normalized spacial score (nSPS) is 11.4. The Kier molecular flexibility index (Phi) is 6.76. The molecule has 6 heteroatoms. The first-order valence-corrected chi connectivity index (χ1v) is 10.3. The third-order valence-electron chi connectivity index (χ3n) is 4.25. The number of rotatable bonds is 9. The Hall–Kier alpha value is -2.73. The van der Waals surface area contributed by atoms with Gasteiger partial charge in [-0.2, -0.15) is 0 Å². The topological polar surface area (TPSA) is 76.5 Å². The first-order valence-electron chi connectivity index (χ1n) is 9.15. The van der Waals surface area contributed by atoms with E-state index in [4.69, 9.17) is 13.9 Å². The second kappa shape index (κ2) is 9.46. The van der Waals surface area contributed by atoms with Crippen molar-refractivity contribution in [3.63, 3.8) is 0 Å². The fraction of sp³-hybridized carbons (Fsp3) is 0.273. The number of carbonyl (C=O) groups is 1. The van der Waals surface area contributed by atoms with Crippen molar-refractivity contribution in [1.82, 2.24) is 4.98 Å². The fourth-order valence-electron chi connectivity index (χ4n) is 2.72. The van der Waals surface area contributed by atoms with Crippen LogP contribution in [0.15, 0.2) is 51.3 Å². The Labute approximate surface area is 168 Å². The van der Waals surface area contributed by atoms with Gasteiger partial charge in [-0.3, -0.25) is 4.79 Å². The molecule has 0 spiro atoms. The van der Waals surface area contributed by atoms with Crippen molar-refractivity contribution in [1.29, 1.82) is 0 Å². The van der Waals surface area contributed by atoms with E-state index in [2.05, 4.69) is 24.0 Å². The quantitative estimate of drug-likeness (QED) is 0.498. The highest BCUT2D eigenvalue weighted by Gasteiger charge is 2.13. The van der Waals surface area contributed by atoms with E-state index in [1.165, 1.54) is 17.3 Å². The van der Waals surface area contributed by atoms with Crippen LogP contribution in [0.2, 0.25) is 0 Å². The molecule has 0 saturated heterocycles. The predicted octanol–water partition coefficient (Wildman–Crippen LogP) is 5.23. The number of benzene rings is 1. The van der Waals surface area contributed by atoms with Crippen molar-refractivity contribution in [2.24, 2.45) is 0 Å². The molecular formula is C22H23NO4S. The van der Waals surface area contributed by atoms with Crippen LogP contribution in [-0.2, 0) is 17.6 Å². The van der Waals surface area contributed by atoms with Gasteiger partial charge in [-0.25, -0.2) is 4.98 Å². The summed E-state index contributed by atoms with van der Waals surface area (Å²) in [5.41, 5.74) is 3.11. The third kappa shape index (κ3) is 5.39. The van der Waals surface area contributed by atoms with Crippen molar-refractivity contribution in [2.45, 2.75) is 26.7 Å². The van der Waals surface area contributed by atoms with Crippen LogP contribution in [-0.4, -0.2) is 27.6 Å². The van der Waals surface area contributed by atoms with Crippen LogP contribution in [0.3, 0.4) is 0 Å². The lowest BCUT2D eigenvalue weighted by Gasteiger charge is -1.98. The van der Waals surface area contributed by atoms with Gasteiger partial charge in [0.1, 0.15) is 17.3 Å². The van der Waals surface area contributed by atoms with Gasteiger partial charge in [-0.05, 0) is 49.2 Å². The number of carboxylic acid groups (broad SMARTS) is 1. The number of carboxylic acids is 1. The minimum atomic E-state index is -0.803. The van der Waals surface area contributed by atoms with Crippen molar-refractivity contribution in [3.05, 3.63) is 71.0 Å². The monoisotopic (exact) mass is 397 g/mol. The van der Waals surface area contributed by atoms with Crippen LogP contribution in [0.4, 0.5) is 0 Å². The maximum absolute atomic E-state index is 10.5. The summed E-state index contributed by atoms with van der Waals surface area (Å²) in [4.78, 5) is 15.1. The summed E-state index contributed by atoms with van der Waals surface area (Å²) in [6, 6.07) is 12.1. The van der Waals surface area contributed by atoms with E-state index < -0.39 is 5.97 Å². The van der Waals surface area contributed by atoms with Gasteiger partial charge < -0.3 is 13.9 Å². The molecule has 0 amide bonds. The number of aliphatic carboxylic acids is 1. The molecule has 0 aliphatic rings. The molecule has 0 unspecified atom stereocenters. The van der Waals surface area contributed by atoms with E-state index in [-0.39, 0.29) is 5.75 Å². The van der Waals surface area contributed by atoms with Crippen LogP contribution < -0.4 is 0 Å². The molecule has 1 N–H and O–H groups in total. The van der Waals surface area contributed by atoms with Gasteiger partial charge in [0.05, 0.1) is 17.9 Å². The van der Waals surface area contributed by atoms with Gasteiger partial charge in [0, 0.05) is 11.3 Å². The SMILES string of the molecule is CCc1ccc(-c2nc(Cc3ccc(C=CCSCC(=O)O)o3)c(C)o2)cc1. The Balaban J connectivity index is 1.62. The molecule has 0 fully saturated rings. The molecule has 0 saturated carbocycles. The van der Waals surface area contributed by atoms with Crippen LogP contribution in [0, 0.1) is 6.92 Å². The molecule has 0 aliphatic heterocycles. The molecule has 3 rings (SSSR count). The van der Waals surface area contributed by atoms with E-state index in [0.29, 0.717) is 18.1 Å². The molecule has 0 radical (unpaired) electrons. The number of hydrogen-bond acceptors (Lipinski definition) is 5. The number of oxazole rings is 1. The summed E-state index contributed by atoms with van der Waals surface area (Å²) in [7, 11) is 0. The number of hydrogen-bond donors (Lipinski definition) is 1. The van der Waals surface area contributed by atoms with Crippen molar-refractivity contribution in [2.75, 3.05) is 11.5 Å². The molecule has 1 aromatic carbocycles. The largest absolute Gasteiger partial charge is 0.481 e. The minimum absolute atomic E-state index is 0.0999. The summed E-state index contributed by atoms with van der Waals surface area (Å²) >= 11 is 1.34. The maximum Gasteiger partial charge on any atom is 0.313 e. The number of thioether (sulfide) groups is 1. The lowest BCUT2D eigenvalue weighted by Crippen LogP contribution is -1.97. The van der Waals surface area contributed by atoms with E-state index in [1.54, 1.807) is 0 Å². The second-order valence-corrected chi connectivity index (χ2v) is 7.39. The zero-order valence-electron chi connectivity index (χ0n) is 16.0. The van der Waals surface area contributed by atoms with E-state index in [1.807, 2.05) is 43.3 Å². The molecule has 3 aromatic rings. The zero-order valence-corrected chi connectivity index (χ0v) is 16.8. The van der Waals surface area contributed by atoms with Gasteiger partial charge in [-0.15, -0.1) is 11.8 Å². The molecule has 5 nitrogen and oxygen atoms in total. The van der Waals surface area contributed by atoms with E-state index in [9.17, 15) is 4.79 Å². The maximum atomic E-state index is 10.5. The molecule has 28 heavy (non-hydrogen) atoms. The minimum Gasteiger partial charge on any atom is -0.481 e. The standard InChI is InChI=1S/C22H23NO4S/c1-3-16-6-8-17(9-7-16)22-23-20(15(2)26-22)13-19-11-10-18(27-19)5-4-12-28-14-21(24)25/h4-11H,3,12-14H2,1-2H3,(H,24,25). The number of nitrogens with zero attached hydrogens (tertiary/aromatic N) is 1. The first-order chi connectivity index (χ1) is 13.5. The molecule has 2 aromatic heterocycles. The van der Waals surface area contributed by atoms with E-state index in [0.717, 1.165) is 35.0 Å². The summed E-state index contributed by atoms with van der Waals surface area (Å²) in [5.74, 6) is 2.88. The van der Waals surface area contributed by atoms with Crippen molar-refractivity contribution >= 4 is 23.8 Å². The van der Waals surface area contributed by atoms with Crippen LogP contribution in [0.1, 0.15) is 35.5 Å². The Morgan fingerprint density at radius 1 is 1.18 bits per heavy atom. The number of aryl methyl sites for hydroxylation is 2. The third-order valence-corrected chi connectivity index (χ3v) is 5.13. The van der Waals surface area contributed by atoms with Gasteiger partial charge in [0.25, 0.3) is 0 Å². The predicted molar refractivity (Wildman–Crippen MR) is 112 cm³/mol. The summed E-state index contributed by atoms with van der Waals surface area (Å²) in [6.45, 7) is 4.04. The lowest BCUT2D eigenvalue weighted by molar-refractivity contribution is -0.133. The second-order valence-electron chi connectivity index (χ2n) is 6.36. The zero-order chi connectivity index (χ0) is 19.9. The molecular weight excluding hydrogens is 374 g/mol. The number of aromatic nitrogens is 1. The summed E-state index contributed by atoms with van der Waals surface area (Å²) < 4.78 is 11.7. The van der Waals surface area contributed by atoms with E-state index >= 15 is 0 Å². The molecule has 0 atom stereocenters. The highest BCUT2D eigenvalue weighted by molar-refractivity contribution is 8.00. The summed E-state index contributed by atoms with van der Waals surface area (Å²) in [6.07, 6.45) is 5.32. The van der Waals surface area contributed by atoms with Crippen LogP contribution in [0.5, 0.6) is 0 Å². The fourth-order valence-corrected chi connectivity index (χ4v) is 3.25. The Bertz CT molecular complexity index is 953. The molecule has 2 heterocycles. The van der Waals surface area contributed by atoms with Gasteiger partial charge in [0.15, 0.2) is 0 Å². The van der Waals surface area contributed by atoms with Gasteiger partial charge in [-0.1, -0.05) is 25.1 Å². The molecule has 146 valence electrons. The first kappa shape index (κ1) is 20.0. The highest BCUT2D eigenvalue weighted by Crippen LogP contribution is 2.24. The average molecular weight is 397 g/mol. The Morgan fingerprint density at radius 3 is 2.68 bits per heavy atom. The lowest BCUT2D eigenvalue weighted by atomic mass is 10.1. The summed E-state index contributed by atoms with van der Waals surface area (Å²) in [5, 5.41) is 8.62. The Morgan fingerprint density at radius 2 is 1.96 bits per heavy atom. The van der Waals surface area contributed by atoms with Crippen LogP contribution in [0.25, 0.3) is 17.5 Å². The number of furan rings is 1. The van der Waals surface area contributed by atoms with Gasteiger partial charge >= 0.3 is 5.97 Å². The van der Waals surface area contributed by atoms with Crippen molar-refractivity contribution in [3.8, 4) is 11.5 Å². The van der Waals surface area contributed by atoms with Gasteiger partial charge in [0.2, 0.25) is 5.89 Å². The molecule has 0 aliphatic carbocycles.